The van der Waals surface area contributed by atoms with Crippen LogP contribution in [-0.2, 0) is 19.1 Å². The zero-order valence-corrected chi connectivity index (χ0v) is 23.6. The summed E-state index contributed by atoms with van der Waals surface area (Å²) in [5, 5.41) is 9.47. The predicted molar refractivity (Wildman–Crippen MR) is 147 cm³/mol. The van der Waals surface area contributed by atoms with Gasteiger partial charge < -0.3 is 18.5 Å². The Labute approximate surface area is 232 Å². The molecule has 5 fully saturated rings. The summed E-state index contributed by atoms with van der Waals surface area (Å²) in [5.74, 6) is -0.471. The molecule has 1 aliphatic heterocycles. The van der Waals surface area contributed by atoms with Gasteiger partial charge in [-0.1, -0.05) is 31.0 Å². The lowest BCUT2D eigenvalue weighted by Crippen LogP contribution is -2.65. The summed E-state index contributed by atoms with van der Waals surface area (Å²) < 4.78 is 35.7. The van der Waals surface area contributed by atoms with Crippen LogP contribution in [0, 0.1) is 46.9 Å². The Balaban J connectivity index is 0.000000193. The molecule has 0 amide bonds. The van der Waals surface area contributed by atoms with E-state index in [1.807, 2.05) is 32.0 Å². The Hall–Kier alpha value is -3.15. The predicted octanol–water partition coefficient (Wildman–Crippen LogP) is 5.98. The summed E-state index contributed by atoms with van der Waals surface area (Å²) in [5.41, 5.74) is 2.79. The molecule has 9 rings (SSSR count). The molecule has 1 saturated heterocycles. The van der Waals surface area contributed by atoms with Crippen LogP contribution in [0.2, 0.25) is 0 Å². The Morgan fingerprint density at radius 3 is 1.92 bits per heavy atom. The molecule has 202 valence electrons. The summed E-state index contributed by atoms with van der Waals surface area (Å²) in [6, 6.07) is 10.1. The van der Waals surface area contributed by atoms with Gasteiger partial charge in [-0.25, -0.2) is 14.0 Å². The number of carbonyl (C=O) groups is 2. The van der Waals surface area contributed by atoms with Gasteiger partial charge in [-0.2, -0.15) is 0 Å². The third-order valence-corrected chi connectivity index (χ3v) is 11.3. The maximum absolute atomic E-state index is 12.9. The largest absolute Gasteiger partial charge is 0.418 e. The molecule has 0 N–H and O–H groups in total. The first-order valence-corrected chi connectivity index (χ1v) is 15.3. The van der Waals surface area contributed by atoms with Gasteiger partial charge in [0.15, 0.2) is 14.7 Å². The Morgan fingerprint density at radius 2 is 1.33 bits per heavy atom. The molecule has 1 spiro atoms. The van der Waals surface area contributed by atoms with E-state index in [0.29, 0.717) is 23.0 Å². The van der Waals surface area contributed by atoms with Crippen molar-refractivity contribution in [1.29, 1.82) is 0 Å². The molecule has 4 aromatic rings. The summed E-state index contributed by atoms with van der Waals surface area (Å²) in [7, 11) is 0. The smallest absolute Gasteiger partial charge is 0.354 e. The van der Waals surface area contributed by atoms with Crippen LogP contribution in [0.5, 0.6) is 0 Å². The Morgan fingerprint density at radius 1 is 0.795 bits per heavy atom. The fourth-order valence-corrected chi connectivity index (χ4v) is 9.06. The van der Waals surface area contributed by atoms with Crippen molar-refractivity contribution >= 4 is 58.1 Å². The normalized spacial score (nSPS) is 29.1. The second-order valence-electron chi connectivity index (χ2n) is 11.0. The van der Waals surface area contributed by atoms with E-state index in [2.05, 4.69) is 10.3 Å². The van der Waals surface area contributed by atoms with Gasteiger partial charge in [0.05, 0.1) is 11.4 Å². The molecule has 2 aromatic heterocycles. The van der Waals surface area contributed by atoms with Crippen molar-refractivity contribution in [3.8, 4) is 0 Å². The highest BCUT2D eigenvalue weighted by Crippen LogP contribution is 2.60. The number of fused-ring (bicyclic) bond motifs is 2. The van der Waals surface area contributed by atoms with Crippen molar-refractivity contribution in [1.82, 2.24) is 10.3 Å². The van der Waals surface area contributed by atoms with Crippen LogP contribution in [0.1, 0.15) is 43.5 Å². The van der Waals surface area contributed by atoms with E-state index < -0.39 is 38.5 Å². The van der Waals surface area contributed by atoms with E-state index in [9.17, 15) is 14.0 Å². The van der Waals surface area contributed by atoms with Gasteiger partial charge in [-0.05, 0) is 88.1 Å². The number of esters is 2. The van der Waals surface area contributed by atoms with E-state index in [0.717, 1.165) is 51.4 Å². The molecule has 8 nitrogen and oxygen atoms in total. The first-order chi connectivity index (χ1) is 18.8. The number of carbonyl (C=O) groups excluding carboxylic acids is 2. The minimum Gasteiger partial charge on any atom is -0.418 e. The average molecular weight is 643 g/mol. The van der Waals surface area contributed by atoms with Crippen molar-refractivity contribution in [2.45, 2.75) is 51.7 Å². The number of aromatic nitrogens is 2. The zero-order valence-electron chi connectivity index (χ0n) is 21.4. The van der Waals surface area contributed by atoms with Crippen molar-refractivity contribution in [3.05, 3.63) is 57.2 Å². The first kappa shape index (κ1) is 24.9. The standard InChI is InChI=1S/C21H20INO5.C8H6FNO/c1-10-16-3-2-15(9-17(16)28-23-10)22-18-19(24)26-21(27-20(18)25)13-5-11-4-12(7-13)8-14(21)6-11;1-5-7-3-2-6(9)4-8(7)11-10-5/h2-3,9,11-14H,4-8H2,1H3;2-4H,1H3/i;9-1. The molecule has 5 aliphatic rings. The highest BCUT2D eigenvalue weighted by molar-refractivity contribution is 14.2. The molecule has 3 heterocycles. The van der Waals surface area contributed by atoms with E-state index in [1.165, 1.54) is 18.6 Å². The maximum atomic E-state index is 12.9. The topological polar surface area (TPSA) is 105 Å². The molecule has 2 aromatic carbocycles. The fraction of sp³-hybridized carbons (Fsp3) is 0.414. The van der Waals surface area contributed by atoms with Gasteiger partial charge in [-0.15, -0.1) is 0 Å². The number of nitrogens with zero attached hydrogens (tertiary/aromatic N) is 2. The maximum Gasteiger partial charge on any atom is 0.354 e. The van der Waals surface area contributed by atoms with E-state index in [4.69, 9.17) is 18.5 Å². The Bertz CT molecular complexity index is 1620. The minimum atomic E-state index is -1.02. The third kappa shape index (κ3) is 4.18. The lowest BCUT2D eigenvalue weighted by atomic mass is 9.53. The van der Waals surface area contributed by atoms with Crippen LogP contribution < -0.4 is 0 Å². The van der Waals surface area contributed by atoms with E-state index >= 15 is 0 Å². The van der Waals surface area contributed by atoms with Gasteiger partial charge >= 0.3 is 11.9 Å². The number of halogens is 2. The molecule has 10 heteroatoms. The molecule has 4 aliphatic carbocycles. The van der Waals surface area contributed by atoms with Crippen LogP contribution in [0.25, 0.3) is 21.9 Å². The van der Waals surface area contributed by atoms with Gasteiger partial charge in [0, 0.05) is 32.2 Å². The highest BCUT2D eigenvalue weighted by atomic mass is 127. The lowest BCUT2D eigenvalue weighted by Gasteiger charge is -2.59. The molecule has 39 heavy (non-hydrogen) atoms. The zero-order chi connectivity index (χ0) is 26.9. The number of benzene rings is 2. The lowest BCUT2D eigenvalue weighted by molar-refractivity contribution is -0.308. The van der Waals surface area contributed by atoms with Crippen molar-refractivity contribution in [3.63, 3.8) is 0 Å². The van der Waals surface area contributed by atoms with Crippen molar-refractivity contribution < 1.29 is 32.5 Å². The van der Waals surface area contributed by atoms with E-state index in [1.54, 1.807) is 6.07 Å². The number of ether oxygens (including phenoxy) is 2. The number of rotatable bonds is 1. The SMILES string of the molecule is Cc1noc2cc(I=C3C(=O)OC4(OC3=O)C3CC5CC(C3)CC4C5)ccc12.Cc1noc2cc([18F])ccc12. The molecule has 4 saturated carbocycles. The second-order valence-corrected chi connectivity index (χ2v) is 13.9. The molecule has 0 atom stereocenters. The van der Waals surface area contributed by atoms with Crippen LogP contribution in [0.3, 0.4) is 0 Å². The average Bonchev–Trinajstić information content (AvgIpc) is 3.46. The summed E-state index contributed by atoms with van der Waals surface area (Å²) >= 11 is -1.02. The highest BCUT2D eigenvalue weighted by Gasteiger charge is 2.64. The quantitative estimate of drug-likeness (QED) is 0.185. The Kier molecular flexibility index (Phi) is 5.87. The number of hydrogen-bond acceptors (Lipinski definition) is 8. The fourth-order valence-electron chi connectivity index (χ4n) is 6.98. The summed E-state index contributed by atoms with van der Waals surface area (Å²) in [6.45, 7) is 3.71. The van der Waals surface area contributed by atoms with Crippen LogP contribution in [0.4, 0.5) is 4.39 Å². The van der Waals surface area contributed by atoms with Gasteiger partial charge in [-0.3, -0.25) is 0 Å². The van der Waals surface area contributed by atoms with Crippen molar-refractivity contribution in [2.24, 2.45) is 23.7 Å². The van der Waals surface area contributed by atoms with E-state index in [-0.39, 0.29) is 21.2 Å². The van der Waals surface area contributed by atoms with Crippen LogP contribution in [-0.4, -0.2) is 31.5 Å². The monoisotopic (exact) mass is 643 g/mol. The van der Waals surface area contributed by atoms with Crippen LogP contribution >= 0.6 is 20.7 Å². The van der Waals surface area contributed by atoms with Crippen molar-refractivity contribution in [2.75, 3.05) is 0 Å². The second kappa shape index (κ2) is 9.21. The molecule has 0 radical (unpaired) electrons. The number of aryl methyl sites for hydroxylation is 2. The summed E-state index contributed by atoms with van der Waals surface area (Å²) in [6.07, 6.45) is 5.34. The molecule has 0 unspecified atom stereocenters. The molecular formula is C29H26FIN2O6. The summed E-state index contributed by atoms with van der Waals surface area (Å²) in [4.78, 5) is 25.8. The minimum absolute atomic E-state index is 0.171. The molecule has 4 bridgehead atoms. The van der Waals surface area contributed by atoms with Gasteiger partial charge in [0.1, 0.15) is 5.82 Å². The van der Waals surface area contributed by atoms with Crippen LogP contribution in [0.15, 0.2) is 45.4 Å². The third-order valence-electron chi connectivity index (χ3n) is 8.57. The number of hydrogen-bond donors (Lipinski definition) is 0. The molecular weight excluding hydrogens is 617 g/mol. The van der Waals surface area contributed by atoms with Gasteiger partial charge in [0.25, 0.3) is 5.79 Å². The van der Waals surface area contributed by atoms with Gasteiger partial charge in [0.2, 0.25) is 0 Å². The first-order valence-electron chi connectivity index (χ1n) is 13.1.